The molecular formula is C25H30FN5O4. The molecule has 0 bridgehead atoms. The van der Waals surface area contributed by atoms with E-state index in [-0.39, 0.29) is 5.82 Å². The van der Waals surface area contributed by atoms with Crippen molar-refractivity contribution in [2.45, 2.75) is 38.0 Å². The van der Waals surface area contributed by atoms with E-state index in [1.165, 1.54) is 13.3 Å². The summed E-state index contributed by atoms with van der Waals surface area (Å²) in [6, 6.07) is 5.37. The molecule has 0 unspecified atom stereocenters. The van der Waals surface area contributed by atoms with Gasteiger partial charge in [-0.3, -0.25) is 9.97 Å². The lowest BCUT2D eigenvalue weighted by molar-refractivity contribution is -0.00686. The van der Waals surface area contributed by atoms with Gasteiger partial charge in [0, 0.05) is 49.4 Å². The van der Waals surface area contributed by atoms with E-state index in [0.29, 0.717) is 73.2 Å². The molecule has 3 aromatic heterocycles. The van der Waals surface area contributed by atoms with Crippen molar-refractivity contribution in [1.82, 2.24) is 25.2 Å². The first-order valence-corrected chi connectivity index (χ1v) is 11.8. The summed E-state index contributed by atoms with van der Waals surface area (Å²) in [7, 11) is 1.53. The highest BCUT2D eigenvalue weighted by Crippen LogP contribution is 2.30. The third-order valence-corrected chi connectivity index (χ3v) is 6.90. The van der Waals surface area contributed by atoms with Crippen molar-refractivity contribution < 1.29 is 23.7 Å². The molecule has 186 valence electrons. The Morgan fingerprint density at radius 1 is 1.23 bits per heavy atom. The first kappa shape index (κ1) is 23.7. The molecule has 2 N–H and O–H groups in total. The Morgan fingerprint density at radius 2 is 2.06 bits per heavy atom. The number of aliphatic hydroxyl groups excluding tert-OH is 1. The zero-order valence-corrected chi connectivity index (χ0v) is 20.0. The zero-order valence-electron chi connectivity index (χ0n) is 20.0. The molecule has 5 heterocycles. The number of ether oxygens (including phenoxy) is 3. The number of fused-ring (bicyclic) bond motifs is 2. The molecule has 2 aliphatic heterocycles. The van der Waals surface area contributed by atoms with Gasteiger partial charge in [-0.1, -0.05) is 0 Å². The van der Waals surface area contributed by atoms with Gasteiger partial charge in [0.1, 0.15) is 19.0 Å². The largest absolute Gasteiger partial charge is 0.486 e. The molecule has 0 aromatic carbocycles. The molecule has 9 nitrogen and oxygen atoms in total. The Hall–Kier alpha value is -3.08. The fourth-order valence-corrected chi connectivity index (χ4v) is 4.58. The van der Waals surface area contributed by atoms with Gasteiger partial charge in [0.05, 0.1) is 42.3 Å². The molecule has 5 rings (SSSR count). The fraction of sp³-hybridized carbons (Fsp3) is 0.480. The van der Waals surface area contributed by atoms with E-state index in [1.807, 2.05) is 13.0 Å². The van der Waals surface area contributed by atoms with E-state index in [1.54, 1.807) is 18.3 Å². The van der Waals surface area contributed by atoms with E-state index in [0.717, 1.165) is 18.7 Å². The topological polar surface area (TPSA) is 102 Å². The molecular weight excluding hydrogens is 453 g/mol. The minimum absolute atomic E-state index is 0.380. The van der Waals surface area contributed by atoms with Crippen LogP contribution < -0.4 is 19.5 Å². The molecule has 1 saturated heterocycles. The monoisotopic (exact) mass is 483 g/mol. The van der Waals surface area contributed by atoms with Gasteiger partial charge in [0.15, 0.2) is 11.5 Å². The fourth-order valence-electron chi connectivity index (χ4n) is 4.58. The third kappa shape index (κ3) is 5.00. The Bertz CT molecular complexity index is 1210. The zero-order chi connectivity index (χ0) is 24.4. The molecule has 1 fully saturated rings. The van der Waals surface area contributed by atoms with Crippen LogP contribution in [0.25, 0.3) is 11.0 Å². The van der Waals surface area contributed by atoms with Gasteiger partial charge < -0.3 is 29.5 Å². The first-order chi connectivity index (χ1) is 16.9. The van der Waals surface area contributed by atoms with Gasteiger partial charge in [-0.25, -0.2) is 9.37 Å². The van der Waals surface area contributed by atoms with Crippen molar-refractivity contribution in [2.24, 2.45) is 0 Å². The number of nitrogens with zero attached hydrogens (tertiary/aromatic N) is 4. The van der Waals surface area contributed by atoms with Crippen LogP contribution in [0.5, 0.6) is 17.4 Å². The predicted molar refractivity (Wildman–Crippen MR) is 127 cm³/mol. The number of nitrogens with one attached hydrogen (secondary N) is 1. The molecule has 0 saturated carbocycles. The van der Waals surface area contributed by atoms with Gasteiger partial charge >= 0.3 is 0 Å². The number of pyridine rings is 3. The van der Waals surface area contributed by atoms with Crippen LogP contribution in [-0.2, 0) is 13.0 Å². The lowest BCUT2D eigenvalue weighted by Crippen LogP contribution is -2.61. The molecule has 0 spiro atoms. The van der Waals surface area contributed by atoms with Crippen LogP contribution >= 0.6 is 0 Å². The second kappa shape index (κ2) is 9.88. The second-order valence-corrected chi connectivity index (χ2v) is 9.21. The number of rotatable bonds is 7. The number of hydrogen-bond donors (Lipinski definition) is 2. The minimum atomic E-state index is -0.592. The molecule has 3 aromatic rings. The van der Waals surface area contributed by atoms with Crippen LogP contribution in [0.1, 0.15) is 24.6 Å². The first-order valence-electron chi connectivity index (χ1n) is 11.8. The lowest BCUT2D eigenvalue weighted by atomic mass is 9.86. The summed E-state index contributed by atoms with van der Waals surface area (Å²) in [5.41, 5.74) is 2.02. The van der Waals surface area contributed by atoms with Crippen molar-refractivity contribution in [3.63, 3.8) is 0 Å². The van der Waals surface area contributed by atoms with Crippen molar-refractivity contribution >= 4 is 11.0 Å². The smallest absolute Gasteiger partial charge is 0.213 e. The minimum Gasteiger partial charge on any atom is -0.486 e. The van der Waals surface area contributed by atoms with Crippen LogP contribution in [0.15, 0.2) is 30.6 Å². The number of β-amino-alcohol motifs (C(OH)–C–C–N with tert-alkyl or cyclic N) is 1. The maximum absolute atomic E-state index is 14.6. The normalized spacial score (nSPS) is 22.3. The van der Waals surface area contributed by atoms with Crippen LogP contribution in [-0.4, -0.2) is 76.6 Å². The third-order valence-electron chi connectivity index (χ3n) is 6.90. The van der Waals surface area contributed by atoms with Crippen molar-refractivity contribution in [1.29, 1.82) is 0 Å². The Balaban J connectivity index is 1.20. The summed E-state index contributed by atoms with van der Waals surface area (Å²) in [6.07, 6.45) is 3.53. The highest BCUT2D eigenvalue weighted by molar-refractivity contribution is 5.78. The summed E-state index contributed by atoms with van der Waals surface area (Å²) in [6.45, 7) is 5.45. The standard InChI is InChI=1S/C25H30FN5O4/c1-25(29-12-16-11-20-21(14-27-16)35-10-9-34-20)6-8-31(15-22(25)32)7-5-17-18(26)13-28-19-3-4-23(33-2)30-24(17)19/h3-4,11,13-14,22,29,32H,5-10,12,15H2,1-2H3/t22-,25-/m0/s1. The second-order valence-electron chi connectivity index (χ2n) is 9.21. The van der Waals surface area contributed by atoms with Crippen LogP contribution in [0, 0.1) is 5.82 Å². The SMILES string of the molecule is COc1ccc2ncc(F)c(CCN3CC[C@](C)(NCc4cc5c(cn4)OCCO5)[C@@H](O)C3)c2n1. The molecule has 0 radical (unpaired) electrons. The number of aromatic nitrogens is 3. The van der Waals surface area contributed by atoms with E-state index in [9.17, 15) is 9.50 Å². The average molecular weight is 484 g/mol. The number of piperidine rings is 1. The van der Waals surface area contributed by atoms with Crippen LogP contribution in [0.3, 0.4) is 0 Å². The summed E-state index contributed by atoms with van der Waals surface area (Å²) in [5, 5.41) is 14.5. The van der Waals surface area contributed by atoms with Gasteiger partial charge in [-0.15, -0.1) is 0 Å². The highest BCUT2D eigenvalue weighted by Gasteiger charge is 2.38. The lowest BCUT2D eigenvalue weighted by Gasteiger charge is -2.44. The molecule has 0 aliphatic carbocycles. The maximum atomic E-state index is 14.6. The summed E-state index contributed by atoms with van der Waals surface area (Å²) in [4.78, 5) is 15.1. The Morgan fingerprint density at radius 3 is 2.86 bits per heavy atom. The quantitative estimate of drug-likeness (QED) is 0.523. The molecule has 2 aliphatic rings. The summed E-state index contributed by atoms with van der Waals surface area (Å²) in [5.74, 6) is 1.40. The van der Waals surface area contributed by atoms with E-state index in [4.69, 9.17) is 14.2 Å². The van der Waals surface area contributed by atoms with Crippen LogP contribution in [0.4, 0.5) is 4.39 Å². The predicted octanol–water partition coefficient (Wildman–Crippen LogP) is 2.10. The molecule has 0 amide bonds. The van der Waals surface area contributed by atoms with Crippen molar-refractivity contribution in [3.05, 3.63) is 47.7 Å². The number of halogens is 1. The highest BCUT2D eigenvalue weighted by atomic mass is 19.1. The van der Waals surface area contributed by atoms with E-state index >= 15 is 0 Å². The van der Waals surface area contributed by atoms with Crippen LogP contribution in [0.2, 0.25) is 0 Å². The van der Waals surface area contributed by atoms with Crippen molar-refractivity contribution in [2.75, 3.05) is 40.0 Å². The Kier molecular flexibility index (Phi) is 6.68. The number of aliphatic hydroxyl groups is 1. The Labute approximate surface area is 203 Å². The van der Waals surface area contributed by atoms with Gasteiger partial charge in [-0.05, 0) is 25.8 Å². The average Bonchev–Trinajstić information content (AvgIpc) is 2.88. The maximum Gasteiger partial charge on any atom is 0.213 e. The number of methoxy groups -OCH3 is 1. The van der Waals surface area contributed by atoms with E-state index in [2.05, 4.69) is 25.2 Å². The van der Waals surface area contributed by atoms with E-state index < -0.39 is 11.6 Å². The summed E-state index contributed by atoms with van der Waals surface area (Å²) >= 11 is 0. The summed E-state index contributed by atoms with van der Waals surface area (Å²) < 4.78 is 31.0. The van der Waals surface area contributed by atoms with Gasteiger partial charge in [-0.2, -0.15) is 0 Å². The number of hydrogen-bond acceptors (Lipinski definition) is 9. The van der Waals surface area contributed by atoms with Gasteiger partial charge in [0.25, 0.3) is 0 Å². The number of likely N-dealkylation sites (tertiary alicyclic amines) is 1. The van der Waals surface area contributed by atoms with Crippen molar-refractivity contribution in [3.8, 4) is 17.4 Å². The van der Waals surface area contributed by atoms with Gasteiger partial charge in [0.2, 0.25) is 5.88 Å². The molecule has 10 heteroatoms. The molecule has 35 heavy (non-hydrogen) atoms. The molecule has 2 atom stereocenters.